The van der Waals surface area contributed by atoms with Crippen LogP contribution < -0.4 is 11.1 Å². The van der Waals surface area contributed by atoms with Crippen LogP contribution in [0.5, 0.6) is 0 Å². The molecule has 104 valence electrons. The van der Waals surface area contributed by atoms with Crippen LogP contribution in [0.2, 0.25) is 0 Å². The second kappa shape index (κ2) is 8.30. The van der Waals surface area contributed by atoms with Gasteiger partial charge in [-0.25, -0.2) is 9.97 Å². The van der Waals surface area contributed by atoms with Gasteiger partial charge in [0.25, 0.3) is 0 Å². The maximum atomic E-state index is 11.5. The van der Waals surface area contributed by atoms with Crippen LogP contribution in [-0.2, 0) is 14.3 Å². The number of hydrogen-bond acceptors (Lipinski definition) is 7. The number of nitrogen functional groups attached to an aromatic ring is 1. The second-order valence-electron chi connectivity index (χ2n) is 3.57. The molecule has 0 aliphatic carbocycles. The fourth-order valence-corrected chi connectivity index (χ4v) is 1.90. The number of hydrogen-bond donors (Lipinski definition) is 2. The van der Waals surface area contributed by atoms with E-state index in [-0.39, 0.29) is 17.6 Å². The highest BCUT2D eigenvalue weighted by Crippen LogP contribution is 2.18. The van der Waals surface area contributed by atoms with Gasteiger partial charge in [-0.15, -0.1) is 0 Å². The van der Waals surface area contributed by atoms with Gasteiger partial charge in [-0.3, -0.25) is 9.59 Å². The molecule has 1 heterocycles. The van der Waals surface area contributed by atoms with E-state index >= 15 is 0 Å². The van der Waals surface area contributed by atoms with E-state index in [4.69, 9.17) is 5.73 Å². The molecule has 0 atom stereocenters. The number of carbonyl (C=O) groups excluding carboxylic acids is 2. The maximum Gasteiger partial charge on any atom is 0.305 e. The zero-order valence-corrected chi connectivity index (χ0v) is 11.4. The lowest BCUT2D eigenvalue weighted by Gasteiger charge is -2.05. The lowest BCUT2D eigenvalue weighted by atomic mass is 10.3. The molecule has 0 bridgehead atoms. The molecule has 0 spiro atoms. The number of carbonyl (C=O) groups is 2. The minimum absolute atomic E-state index is 0.139. The molecule has 7 nitrogen and oxygen atoms in total. The predicted octanol–water partition coefficient (Wildman–Crippen LogP) is 0.220. The van der Waals surface area contributed by atoms with Crippen molar-refractivity contribution in [2.45, 2.75) is 17.9 Å². The molecule has 3 N–H and O–H groups in total. The molecule has 0 unspecified atom stereocenters. The summed E-state index contributed by atoms with van der Waals surface area (Å²) in [7, 11) is 1.34. The molecule has 1 amide bonds. The van der Waals surface area contributed by atoms with Gasteiger partial charge in [-0.1, -0.05) is 11.8 Å². The van der Waals surface area contributed by atoms with Gasteiger partial charge in [0.05, 0.1) is 12.9 Å². The van der Waals surface area contributed by atoms with Crippen LogP contribution in [0, 0.1) is 0 Å². The van der Waals surface area contributed by atoms with Gasteiger partial charge in [0.2, 0.25) is 5.91 Å². The average Bonchev–Trinajstić information content (AvgIpc) is 2.42. The number of anilines is 1. The topological polar surface area (TPSA) is 107 Å². The van der Waals surface area contributed by atoms with Gasteiger partial charge in [0.1, 0.15) is 5.03 Å². The van der Waals surface area contributed by atoms with Crippen molar-refractivity contribution in [3.63, 3.8) is 0 Å². The summed E-state index contributed by atoms with van der Waals surface area (Å²) in [5, 5.41) is 3.23. The lowest BCUT2D eigenvalue weighted by Crippen LogP contribution is -2.26. The van der Waals surface area contributed by atoms with E-state index in [1.807, 2.05) is 0 Å². The summed E-state index contributed by atoms with van der Waals surface area (Å²) in [6.45, 7) is 0.435. The molecule has 8 heteroatoms. The number of methoxy groups -OCH3 is 1. The molecule has 0 aliphatic heterocycles. The van der Waals surface area contributed by atoms with Crippen LogP contribution in [0.25, 0.3) is 0 Å². The van der Waals surface area contributed by atoms with Crippen LogP contribution in [-0.4, -0.2) is 41.3 Å². The molecule has 0 aliphatic rings. The Bertz CT molecular complexity index is 442. The number of nitrogens with two attached hydrogens (primary N) is 1. The van der Waals surface area contributed by atoms with Crippen molar-refractivity contribution >= 4 is 29.5 Å². The molecule has 1 aromatic heterocycles. The number of nitrogens with zero attached hydrogens (tertiary/aromatic N) is 2. The molecular weight excluding hydrogens is 268 g/mol. The van der Waals surface area contributed by atoms with Gasteiger partial charge in [-0.2, -0.15) is 0 Å². The molecule has 0 aromatic carbocycles. The molecule has 0 radical (unpaired) electrons. The Balaban J connectivity index is 2.18. The SMILES string of the molecule is COC(=O)CCCNC(=O)CSc1nccnc1N. The summed E-state index contributed by atoms with van der Waals surface area (Å²) in [6, 6.07) is 0. The van der Waals surface area contributed by atoms with Crippen molar-refractivity contribution in [1.29, 1.82) is 0 Å². The number of nitrogens with one attached hydrogen (secondary N) is 1. The molecular formula is C11H16N4O3S. The van der Waals surface area contributed by atoms with Crippen LogP contribution in [0.4, 0.5) is 5.82 Å². The van der Waals surface area contributed by atoms with Crippen molar-refractivity contribution in [1.82, 2.24) is 15.3 Å². The Morgan fingerprint density at radius 2 is 2.16 bits per heavy atom. The summed E-state index contributed by atoms with van der Waals surface area (Å²) >= 11 is 1.22. The fourth-order valence-electron chi connectivity index (χ4n) is 1.19. The highest BCUT2D eigenvalue weighted by molar-refractivity contribution is 8.00. The van der Waals surface area contributed by atoms with Gasteiger partial charge in [0, 0.05) is 25.4 Å². The van der Waals surface area contributed by atoms with Crippen molar-refractivity contribution in [2.24, 2.45) is 0 Å². The molecule has 0 saturated heterocycles. The van der Waals surface area contributed by atoms with E-state index in [0.29, 0.717) is 30.2 Å². The molecule has 0 saturated carbocycles. The Labute approximate surface area is 115 Å². The summed E-state index contributed by atoms with van der Waals surface area (Å²) < 4.78 is 4.49. The smallest absolute Gasteiger partial charge is 0.305 e. The summed E-state index contributed by atoms with van der Waals surface area (Å²) in [4.78, 5) is 30.2. The zero-order chi connectivity index (χ0) is 14.1. The molecule has 1 aromatic rings. The van der Waals surface area contributed by atoms with Gasteiger partial charge >= 0.3 is 5.97 Å². The average molecular weight is 284 g/mol. The molecule has 1 rings (SSSR count). The van der Waals surface area contributed by atoms with E-state index < -0.39 is 0 Å². The van der Waals surface area contributed by atoms with Crippen LogP contribution in [0.3, 0.4) is 0 Å². The van der Waals surface area contributed by atoms with Crippen molar-refractivity contribution < 1.29 is 14.3 Å². The normalized spacial score (nSPS) is 9.95. The van der Waals surface area contributed by atoms with Crippen LogP contribution >= 0.6 is 11.8 Å². The number of rotatable bonds is 7. The number of esters is 1. The highest BCUT2D eigenvalue weighted by Gasteiger charge is 2.07. The van der Waals surface area contributed by atoms with Gasteiger partial charge < -0.3 is 15.8 Å². The predicted molar refractivity (Wildman–Crippen MR) is 71.4 cm³/mol. The number of amides is 1. The summed E-state index contributed by atoms with van der Waals surface area (Å²) in [5.74, 6) is 0.100. The van der Waals surface area contributed by atoms with E-state index in [2.05, 4.69) is 20.0 Å². The Hall–Kier alpha value is -1.83. The molecule has 0 fully saturated rings. The third-order valence-corrected chi connectivity index (χ3v) is 3.13. The monoisotopic (exact) mass is 284 g/mol. The molecule has 19 heavy (non-hydrogen) atoms. The minimum Gasteiger partial charge on any atom is -0.469 e. The number of ether oxygens (including phenoxy) is 1. The first-order valence-corrected chi connectivity index (χ1v) is 6.65. The van der Waals surface area contributed by atoms with Crippen molar-refractivity contribution in [3.8, 4) is 0 Å². The number of aromatic nitrogens is 2. The van der Waals surface area contributed by atoms with E-state index in [9.17, 15) is 9.59 Å². The fraction of sp³-hybridized carbons (Fsp3) is 0.455. The minimum atomic E-state index is -0.282. The van der Waals surface area contributed by atoms with Crippen molar-refractivity contribution in [2.75, 3.05) is 25.1 Å². The zero-order valence-electron chi connectivity index (χ0n) is 10.6. The summed E-state index contributed by atoms with van der Waals surface area (Å²) in [6.07, 6.45) is 3.86. The highest BCUT2D eigenvalue weighted by atomic mass is 32.2. The van der Waals surface area contributed by atoms with E-state index in [1.165, 1.54) is 31.3 Å². The quantitative estimate of drug-likeness (QED) is 0.419. The standard InChI is InChI=1S/C11H16N4O3S/c1-18-9(17)3-2-4-13-8(16)7-19-11-10(12)14-5-6-15-11/h5-6H,2-4,7H2,1H3,(H2,12,14)(H,13,16). The Morgan fingerprint density at radius 3 is 2.84 bits per heavy atom. The maximum absolute atomic E-state index is 11.5. The van der Waals surface area contributed by atoms with Gasteiger partial charge in [0.15, 0.2) is 5.82 Å². The third-order valence-electron chi connectivity index (χ3n) is 2.14. The first-order valence-electron chi connectivity index (χ1n) is 5.66. The Morgan fingerprint density at radius 1 is 1.42 bits per heavy atom. The van der Waals surface area contributed by atoms with E-state index in [1.54, 1.807) is 0 Å². The Kier molecular flexibility index (Phi) is 6.65. The third kappa shape index (κ3) is 6.05. The van der Waals surface area contributed by atoms with Crippen LogP contribution in [0.15, 0.2) is 17.4 Å². The van der Waals surface area contributed by atoms with E-state index in [0.717, 1.165) is 0 Å². The first kappa shape index (κ1) is 15.2. The van der Waals surface area contributed by atoms with Crippen molar-refractivity contribution in [3.05, 3.63) is 12.4 Å². The second-order valence-corrected chi connectivity index (χ2v) is 4.53. The lowest BCUT2D eigenvalue weighted by molar-refractivity contribution is -0.140. The number of thioether (sulfide) groups is 1. The van der Waals surface area contributed by atoms with Crippen LogP contribution in [0.1, 0.15) is 12.8 Å². The van der Waals surface area contributed by atoms with Gasteiger partial charge in [-0.05, 0) is 6.42 Å². The summed E-state index contributed by atoms with van der Waals surface area (Å²) in [5.41, 5.74) is 5.60. The largest absolute Gasteiger partial charge is 0.469 e. The first-order chi connectivity index (χ1) is 9.13.